The Bertz CT molecular complexity index is 582. The van der Waals surface area contributed by atoms with Crippen LogP contribution in [-0.2, 0) is 12.8 Å². The van der Waals surface area contributed by atoms with E-state index in [9.17, 15) is 4.79 Å². The fourth-order valence-corrected chi connectivity index (χ4v) is 2.42. The number of benzene rings is 1. The van der Waals surface area contributed by atoms with Gasteiger partial charge in [-0.1, -0.05) is 42.3 Å². The Morgan fingerprint density at radius 2 is 1.84 bits per heavy atom. The molecule has 0 aliphatic rings. The number of ketones is 1. The van der Waals surface area contributed by atoms with Gasteiger partial charge in [-0.05, 0) is 37.5 Å². The van der Waals surface area contributed by atoms with Crippen molar-refractivity contribution in [2.75, 3.05) is 0 Å². The average Bonchev–Trinajstić information content (AvgIpc) is 2.37. The van der Waals surface area contributed by atoms with Gasteiger partial charge in [-0.2, -0.15) is 0 Å². The van der Waals surface area contributed by atoms with E-state index in [1.807, 2.05) is 19.1 Å². The quantitative estimate of drug-likeness (QED) is 0.778. The lowest BCUT2D eigenvalue weighted by molar-refractivity contribution is 0.0987. The van der Waals surface area contributed by atoms with E-state index >= 15 is 0 Å². The van der Waals surface area contributed by atoms with Gasteiger partial charge in [0.1, 0.15) is 5.69 Å². The van der Waals surface area contributed by atoms with Crippen molar-refractivity contribution in [1.29, 1.82) is 0 Å². The molecule has 2 aromatic rings. The van der Waals surface area contributed by atoms with Gasteiger partial charge in [0.2, 0.25) is 0 Å². The molecule has 0 amide bonds. The molecule has 0 atom stereocenters. The summed E-state index contributed by atoms with van der Waals surface area (Å²) >= 11 is 0. The van der Waals surface area contributed by atoms with Crippen LogP contribution in [0.3, 0.4) is 0 Å². The van der Waals surface area contributed by atoms with Crippen LogP contribution in [-0.4, -0.2) is 10.8 Å². The van der Waals surface area contributed by atoms with Crippen LogP contribution >= 0.6 is 0 Å². The van der Waals surface area contributed by atoms with E-state index < -0.39 is 0 Å². The van der Waals surface area contributed by atoms with E-state index in [1.165, 1.54) is 11.1 Å². The molecule has 0 aliphatic heterocycles. The van der Waals surface area contributed by atoms with E-state index in [-0.39, 0.29) is 5.78 Å². The van der Waals surface area contributed by atoms with Crippen LogP contribution < -0.4 is 0 Å². The lowest BCUT2D eigenvalue weighted by Gasteiger charge is -2.07. The highest BCUT2D eigenvalue weighted by molar-refractivity contribution is 5.97. The van der Waals surface area contributed by atoms with Crippen molar-refractivity contribution in [3.05, 3.63) is 64.5 Å². The first-order valence-corrected chi connectivity index (χ1v) is 6.64. The summed E-state index contributed by atoms with van der Waals surface area (Å²) in [6, 6.07) is 10.1. The van der Waals surface area contributed by atoms with Crippen LogP contribution in [0.4, 0.5) is 0 Å². The summed E-state index contributed by atoms with van der Waals surface area (Å²) < 4.78 is 0. The summed E-state index contributed by atoms with van der Waals surface area (Å²) in [5.41, 5.74) is 5.09. The first kappa shape index (κ1) is 13.5. The van der Waals surface area contributed by atoms with Gasteiger partial charge in [-0.3, -0.25) is 9.78 Å². The molecule has 0 radical (unpaired) electrons. The molecule has 0 fully saturated rings. The van der Waals surface area contributed by atoms with Gasteiger partial charge in [0.25, 0.3) is 0 Å². The Kier molecular flexibility index (Phi) is 4.10. The van der Waals surface area contributed by atoms with E-state index in [4.69, 9.17) is 0 Å². The third-order valence-electron chi connectivity index (χ3n) is 3.18. The van der Waals surface area contributed by atoms with Crippen molar-refractivity contribution < 1.29 is 4.79 Å². The van der Waals surface area contributed by atoms with E-state index in [0.717, 1.165) is 17.5 Å². The minimum absolute atomic E-state index is 0.0995. The molecular formula is C17H19NO. The molecule has 98 valence electrons. The second-order valence-electron chi connectivity index (χ2n) is 4.96. The fraction of sp³-hybridized carbons (Fsp3) is 0.294. The maximum absolute atomic E-state index is 12.4. The molecular weight excluding hydrogens is 234 g/mol. The Morgan fingerprint density at radius 1 is 1.16 bits per heavy atom. The number of Topliss-reactive ketones (excluding diaryl/α,β-unsaturated/α-hetero) is 1. The molecule has 1 aromatic carbocycles. The van der Waals surface area contributed by atoms with Crippen molar-refractivity contribution in [3.63, 3.8) is 0 Å². The lowest BCUT2D eigenvalue weighted by atomic mass is 9.99. The normalized spacial score (nSPS) is 10.5. The van der Waals surface area contributed by atoms with Gasteiger partial charge in [0.05, 0.1) is 0 Å². The molecule has 0 N–H and O–H groups in total. The largest absolute Gasteiger partial charge is 0.292 e. The van der Waals surface area contributed by atoms with Crippen LogP contribution in [0.1, 0.15) is 39.7 Å². The highest BCUT2D eigenvalue weighted by Gasteiger charge is 2.12. The molecule has 0 aliphatic carbocycles. The minimum Gasteiger partial charge on any atom is -0.292 e. The summed E-state index contributed by atoms with van der Waals surface area (Å²) in [6.45, 7) is 6.16. The van der Waals surface area contributed by atoms with Crippen molar-refractivity contribution >= 4 is 5.78 Å². The van der Waals surface area contributed by atoms with Crippen LogP contribution in [0.2, 0.25) is 0 Å². The highest BCUT2D eigenvalue weighted by atomic mass is 16.1. The monoisotopic (exact) mass is 253 g/mol. The maximum Gasteiger partial charge on any atom is 0.185 e. The molecule has 2 nitrogen and oxygen atoms in total. The van der Waals surface area contributed by atoms with Gasteiger partial charge in [-0.25, -0.2) is 0 Å². The highest BCUT2D eigenvalue weighted by Crippen LogP contribution is 2.14. The van der Waals surface area contributed by atoms with Crippen molar-refractivity contribution in [2.45, 2.75) is 33.6 Å². The van der Waals surface area contributed by atoms with Crippen LogP contribution in [0, 0.1) is 13.8 Å². The topological polar surface area (TPSA) is 30.0 Å². The van der Waals surface area contributed by atoms with E-state index in [0.29, 0.717) is 12.1 Å². The molecule has 0 saturated carbocycles. The SMILES string of the molecule is CCc1cccnc1C(=O)Cc1cc(C)cc(C)c1. The predicted octanol–water partition coefficient (Wildman–Crippen LogP) is 3.69. The summed E-state index contributed by atoms with van der Waals surface area (Å²) in [4.78, 5) is 16.6. The summed E-state index contributed by atoms with van der Waals surface area (Å²) in [5, 5.41) is 0. The standard InChI is InChI=1S/C17H19NO/c1-4-15-6-5-7-18-17(15)16(19)11-14-9-12(2)8-13(3)10-14/h5-10H,4,11H2,1-3H3. The molecule has 1 aromatic heterocycles. The number of carbonyl (C=O) groups is 1. The molecule has 2 rings (SSSR count). The molecule has 0 saturated heterocycles. The van der Waals surface area contributed by atoms with Gasteiger partial charge < -0.3 is 0 Å². The number of nitrogens with zero attached hydrogens (tertiary/aromatic N) is 1. The smallest absolute Gasteiger partial charge is 0.185 e. The first-order valence-electron chi connectivity index (χ1n) is 6.64. The van der Waals surface area contributed by atoms with Crippen LogP contribution in [0.5, 0.6) is 0 Å². The van der Waals surface area contributed by atoms with Crippen molar-refractivity contribution in [3.8, 4) is 0 Å². The summed E-state index contributed by atoms with van der Waals surface area (Å²) in [5.74, 6) is 0.0995. The van der Waals surface area contributed by atoms with Crippen molar-refractivity contribution in [1.82, 2.24) is 4.98 Å². The predicted molar refractivity (Wildman–Crippen MR) is 77.6 cm³/mol. The average molecular weight is 253 g/mol. The number of pyridine rings is 1. The number of aryl methyl sites for hydroxylation is 3. The first-order chi connectivity index (χ1) is 9.10. The van der Waals surface area contributed by atoms with Gasteiger partial charge in [0.15, 0.2) is 5.78 Å². The molecule has 19 heavy (non-hydrogen) atoms. The zero-order chi connectivity index (χ0) is 13.8. The number of hydrogen-bond acceptors (Lipinski definition) is 2. The third-order valence-corrected chi connectivity index (χ3v) is 3.18. The summed E-state index contributed by atoms with van der Waals surface area (Å²) in [7, 11) is 0. The van der Waals surface area contributed by atoms with E-state index in [1.54, 1.807) is 6.20 Å². The third kappa shape index (κ3) is 3.28. The zero-order valence-corrected chi connectivity index (χ0v) is 11.7. The van der Waals surface area contributed by atoms with Crippen LogP contribution in [0.25, 0.3) is 0 Å². The second-order valence-corrected chi connectivity index (χ2v) is 4.96. The van der Waals surface area contributed by atoms with Crippen molar-refractivity contribution in [2.24, 2.45) is 0 Å². The Hall–Kier alpha value is -1.96. The van der Waals surface area contributed by atoms with E-state index in [2.05, 4.69) is 37.0 Å². The lowest BCUT2D eigenvalue weighted by Crippen LogP contribution is -2.09. The zero-order valence-electron chi connectivity index (χ0n) is 11.7. The molecule has 0 unspecified atom stereocenters. The molecule has 0 spiro atoms. The van der Waals surface area contributed by atoms with Gasteiger partial charge in [-0.15, -0.1) is 0 Å². The van der Waals surface area contributed by atoms with Crippen LogP contribution in [0.15, 0.2) is 36.5 Å². The maximum atomic E-state index is 12.4. The molecule has 2 heteroatoms. The number of carbonyl (C=O) groups excluding carboxylic acids is 1. The Labute approximate surface area is 114 Å². The minimum atomic E-state index is 0.0995. The number of aromatic nitrogens is 1. The van der Waals surface area contributed by atoms with Gasteiger partial charge in [0, 0.05) is 12.6 Å². The Morgan fingerprint density at radius 3 is 2.47 bits per heavy atom. The second kappa shape index (κ2) is 5.79. The fourth-order valence-electron chi connectivity index (χ4n) is 2.42. The number of rotatable bonds is 4. The molecule has 1 heterocycles. The Balaban J connectivity index is 2.25. The molecule has 0 bridgehead atoms. The number of hydrogen-bond donors (Lipinski definition) is 0. The summed E-state index contributed by atoms with van der Waals surface area (Å²) in [6.07, 6.45) is 2.95. The van der Waals surface area contributed by atoms with Gasteiger partial charge >= 0.3 is 0 Å².